The van der Waals surface area contributed by atoms with E-state index in [9.17, 15) is 0 Å². The van der Waals surface area contributed by atoms with Gasteiger partial charge in [-0.05, 0) is 12.3 Å². The molecule has 0 aliphatic heterocycles. The molecule has 0 fully saturated rings. The van der Waals surface area contributed by atoms with Gasteiger partial charge in [0.1, 0.15) is 0 Å². The molecule has 4 heteroatoms. The Kier molecular flexibility index (Phi) is 5.50. The Morgan fingerprint density at radius 3 is 2.40 bits per heavy atom. The van der Waals surface area contributed by atoms with Gasteiger partial charge < -0.3 is 0 Å². The monoisotopic (exact) mass is 240 g/mol. The highest BCUT2D eigenvalue weighted by molar-refractivity contribution is 7.09. The van der Waals surface area contributed by atoms with Gasteiger partial charge in [0.25, 0.3) is 0 Å². The maximum Gasteiger partial charge on any atom is 0.0922 e. The zero-order valence-electron chi connectivity index (χ0n) is 9.30. The lowest BCUT2D eigenvalue weighted by molar-refractivity contribution is 0.885. The third-order valence-corrected chi connectivity index (χ3v) is 3.81. The van der Waals surface area contributed by atoms with Crippen molar-refractivity contribution < 1.29 is 0 Å². The molecule has 2 nitrogen and oxygen atoms in total. The maximum atomic E-state index is 4.05. The molecule has 0 saturated carbocycles. The van der Waals surface area contributed by atoms with Crippen LogP contribution in [0.4, 0.5) is 0 Å². The maximum absolute atomic E-state index is 4.05. The normalized spacial score (nSPS) is 9.87. The van der Waals surface area contributed by atoms with E-state index in [1.54, 1.807) is 22.7 Å². The van der Waals surface area contributed by atoms with Crippen LogP contribution in [0.15, 0.2) is 23.3 Å². The number of nitrogens with zero attached hydrogens (tertiary/aromatic N) is 2. The summed E-state index contributed by atoms with van der Waals surface area (Å²) in [6.07, 6.45) is 4.83. The van der Waals surface area contributed by atoms with Crippen LogP contribution in [0.25, 0.3) is 0 Å². The summed E-state index contributed by atoms with van der Waals surface area (Å²) in [4.78, 5) is 9.38. The average molecular weight is 240 g/mol. The van der Waals surface area contributed by atoms with Gasteiger partial charge in [-0.1, -0.05) is 20.8 Å². The predicted molar refractivity (Wildman–Crippen MR) is 67.7 cm³/mol. The lowest BCUT2D eigenvalue weighted by atomic mass is 10.2. The average Bonchev–Trinajstić information content (AvgIpc) is 2.92. The van der Waals surface area contributed by atoms with Crippen molar-refractivity contribution in [2.45, 2.75) is 33.1 Å². The van der Waals surface area contributed by atoms with Gasteiger partial charge in [0.15, 0.2) is 0 Å². The molecule has 0 aliphatic carbocycles. The summed E-state index contributed by atoms with van der Waals surface area (Å²) in [5.74, 6) is 0.641. The standard InChI is InChI=1S/C6H9NS.C5H7NS/c1-5(2)6-3-7-4-8-6;1-2-5-6-3-4-7-5/h3-5H,1-2H3;3-4H,2H2,1H3. The fourth-order valence-corrected chi connectivity index (χ4v) is 2.14. The van der Waals surface area contributed by atoms with E-state index in [1.807, 2.05) is 23.3 Å². The van der Waals surface area contributed by atoms with Crippen molar-refractivity contribution in [2.24, 2.45) is 0 Å². The molecule has 0 N–H and O–H groups in total. The van der Waals surface area contributed by atoms with Gasteiger partial charge in [0, 0.05) is 22.7 Å². The number of hydrogen-bond donors (Lipinski definition) is 0. The molecule has 15 heavy (non-hydrogen) atoms. The van der Waals surface area contributed by atoms with Crippen molar-refractivity contribution in [3.8, 4) is 0 Å². The smallest absolute Gasteiger partial charge is 0.0922 e. The van der Waals surface area contributed by atoms with Crippen LogP contribution in [0, 0.1) is 0 Å². The Morgan fingerprint density at radius 1 is 1.33 bits per heavy atom. The molecule has 0 aromatic carbocycles. The summed E-state index contributed by atoms with van der Waals surface area (Å²) in [6.45, 7) is 6.46. The molecule has 2 aromatic heterocycles. The minimum Gasteiger partial charge on any atom is -0.253 e. The first-order chi connectivity index (χ1) is 7.24. The van der Waals surface area contributed by atoms with Gasteiger partial charge >= 0.3 is 0 Å². The third kappa shape index (κ3) is 4.53. The first-order valence-corrected chi connectivity index (χ1v) is 6.76. The Bertz CT molecular complexity index is 339. The molecule has 0 atom stereocenters. The molecule has 0 spiro atoms. The zero-order chi connectivity index (χ0) is 11.1. The lowest BCUT2D eigenvalue weighted by Gasteiger charge is -1.94. The van der Waals surface area contributed by atoms with Crippen molar-refractivity contribution in [2.75, 3.05) is 0 Å². The molecular formula is C11H16N2S2. The van der Waals surface area contributed by atoms with Crippen LogP contribution in [0.1, 0.15) is 36.6 Å². The Morgan fingerprint density at radius 2 is 2.13 bits per heavy atom. The van der Waals surface area contributed by atoms with Crippen LogP contribution in [-0.4, -0.2) is 9.97 Å². The predicted octanol–water partition coefficient (Wildman–Crippen LogP) is 3.97. The largest absolute Gasteiger partial charge is 0.253 e. The number of hydrogen-bond acceptors (Lipinski definition) is 4. The van der Waals surface area contributed by atoms with Crippen LogP contribution < -0.4 is 0 Å². The first kappa shape index (κ1) is 12.3. The van der Waals surface area contributed by atoms with Gasteiger partial charge in [0.05, 0.1) is 10.5 Å². The molecule has 0 aliphatic rings. The second-order valence-corrected chi connectivity index (χ2v) is 5.23. The number of aryl methyl sites for hydroxylation is 1. The van der Waals surface area contributed by atoms with Crippen LogP contribution in [0.2, 0.25) is 0 Å². The fraction of sp³-hybridized carbons (Fsp3) is 0.455. The van der Waals surface area contributed by atoms with Crippen molar-refractivity contribution in [3.63, 3.8) is 0 Å². The molecule has 0 radical (unpaired) electrons. The lowest BCUT2D eigenvalue weighted by Crippen LogP contribution is -1.77. The molecule has 82 valence electrons. The summed E-state index contributed by atoms with van der Waals surface area (Å²) in [5, 5.41) is 3.22. The summed E-state index contributed by atoms with van der Waals surface area (Å²) in [7, 11) is 0. The quantitative estimate of drug-likeness (QED) is 0.793. The summed E-state index contributed by atoms with van der Waals surface area (Å²) in [5.41, 5.74) is 1.87. The molecule has 2 heterocycles. The van der Waals surface area contributed by atoms with E-state index >= 15 is 0 Å². The summed E-state index contributed by atoms with van der Waals surface area (Å²) in [6, 6.07) is 0. The summed E-state index contributed by atoms with van der Waals surface area (Å²) < 4.78 is 0. The van der Waals surface area contributed by atoms with Gasteiger partial charge in [-0.15, -0.1) is 22.7 Å². The van der Waals surface area contributed by atoms with E-state index in [0.29, 0.717) is 5.92 Å². The molecule has 0 bridgehead atoms. The third-order valence-electron chi connectivity index (χ3n) is 1.81. The molecule has 0 saturated heterocycles. The van der Waals surface area contributed by atoms with Crippen molar-refractivity contribution in [3.05, 3.63) is 33.2 Å². The van der Waals surface area contributed by atoms with Crippen LogP contribution in [0.3, 0.4) is 0 Å². The van der Waals surface area contributed by atoms with Gasteiger partial charge in [-0.25, -0.2) is 4.98 Å². The number of thiazole rings is 2. The number of rotatable bonds is 2. The molecule has 0 amide bonds. The van der Waals surface area contributed by atoms with Gasteiger partial charge in [-0.3, -0.25) is 4.98 Å². The van der Waals surface area contributed by atoms with Crippen LogP contribution in [0.5, 0.6) is 0 Å². The highest BCUT2D eigenvalue weighted by atomic mass is 32.1. The Labute approximate surface area is 99.0 Å². The van der Waals surface area contributed by atoms with Crippen LogP contribution >= 0.6 is 22.7 Å². The van der Waals surface area contributed by atoms with Crippen molar-refractivity contribution in [1.82, 2.24) is 9.97 Å². The second kappa shape index (κ2) is 6.69. The number of aromatic nitrogens is 2. The van der Waals surface area contributed by atoms with E-state index in [0.717, 1.165) is 6.42 Å². The van der Waals surface area contributed by atoms with Gasteiger partial charge in [-0.2, -0.15) is 0 Å². The summed E-state index contributed by atoms with van der Waals surface area (Å²) >= 11 is 3.43. The van der Waals surface area contributed by atoms with Crippen LogP contribution in [-0.2, 0) is 6.42 Å². The van der Waals surface area contributed by atoms with Crippen molar-refractivity contribution in [1.29, 1.82) is 0 Å². The first-order valence-electron chi connectivity index (χ1n) is 5.00. The molecular weight excluding hydrogens is 224 g/mol. The Balaban J connectivity index is 0.000000151. The molecule has 2 aromatic rings. The van der Waals surface area contributed by atoms with Gasteiger partial charge in [0.2, 0.25) is 0 Å². The topological polar surface area (TPSA) is 25.8 Å². The Hall–Kier alpha value is -0.740. The van der Waals surface area contributed by atoms with E-state index < -0.39 is 0 Å². The SMILES string of the molecule is CC(C)c1cncs1.CCc1nccs1. The van der Waals surface area contributed by atoms with Crippen molar-refractivity contribution >= 4 is 22.7 Å². The second-order valence-electron chi connectivity index (χ2n) is 3.34. The molecule has 0 unspecified atom stereocenters. The van der Waals surface area contributed by atoms with E-state index in [1.165, 1.54) is 9.88 Å². The minimum absolute atomic E-state index is 0.641. The highest BCUT2D eigenvalue weighted by Gasteiger charge is 1.97. The van der Waals surface area contributed by atoms with E-state index in [-0.39, 0.29) is 0 Å². The zero-order valence-corrected chi connectivity index (χ0v) is 10.9. The van der Waals surface area contributed by atoms with E-state index in [4.69, 9.17) is 0 Å². The minimum atomic E-state index is 0.641. The highest BCUT2D eigenvalue weighted by Crippen LogP contribution is 2.16. The molecule has 2 rings (SSSR count). The fourth-order valence-electron chi connectivity index (χ4n) is 0.938. The van der Waals surface area contributed by atoms with E-state index in [2.05, 4.69) is 30.7 Å².